The minimum atomic E-state index is -1.55. The van der Waals surface area contributed by atoms with Crippen molar-refractivity contribution in [1.29, 1.82) is 0 Å². The average Bonchev–Trinajstić information content (AvgIpc) is 3.77. The van der Waals surface area contributed by atoms with E-state index in [0.717, 1.165) is 39.2 Å². The van der Waals surface area contributed by atoms with Gasteiger partial charge >= 0.3 is 0 Å². The summed E-state index contributed by atoms with van der Waals surface area (Å²) in [5, 5.41) is 57.7. The Labute approximate surface area is 280 Å². The summed E-state index contributed by atoms with van der Waals surface area (Å²) in [5.41, 5.74) is 6.95. The Morgan fingerprint density at radius 3 is 2.00 bits per heavy atom. The molecule has 6 aromatic rings. The number of thiazole rings is 1. The van der Waals surface area contributed by atoms with E-state index >= 15 is 0 Å². The van der Waals surface area contributed by atoms with Crippen LogP contribution in [0.4, 0.5) is 0 Å². The quantitative estimate of drug-likeness (QED) is 0.139. The van der Waals surface area contributed by atoms with E-state index in [0.29, 0.717) is 10.5 Å². The molecule has 0 bridgehead atoms. The van der Waals surface area contributed by atoms with Gasteiger partial charge in [-0.15, -0.1) is 16.4 Å². The molecule has 0 amide bonds. The highest BCUT2D eigenvalue weighted by Gasteiger charge is 2.45. The molecule has 242 valence electrons. The molecule has 11 heteroatoms. The number of rotatable bonds is 8. The first-order valence-corrected chi connectivity index (χ1v) is 16.3. The van der Waals surface area contributed by atoms with E-state index in [1.54, 1.807) is 15.5 Å². The van der Waals surface area contributed by atoms with Crippen LogP contribution < -0.4 is 4.80 Å². The largest absolute Gasteiger partial charge is 0.394 e. The SMILES string of the molecule is OC[C@H]1O[C@@H](n2c(-c3ccccc3)cs/c2=N/N=C/c2cn(-c3ccccc3)nc2-c2ccc(-c3ccccc3)cc2)[C@H](O)[C@@H](O)[C@@H]1O. The Hall–Kier alpha value is -5.01. The van der Waals surface area contributed by atoms with E-state index in [2.05, 4.69) is 34.5 Å². The predicted molar refractivity (Wildman–Crippen MR) is 184 cm³/mol. The van der Waals surface area contributed by atoms with Crippen molar-refractivity contribution in [1.82, 2.24) is 14.3 Å². The van der Waals surface area contributed by atoms with Crippen LogP contribution in [0.25, 0.3) is 39.3 Å². The summed E-state index contributed by atoms with van der Waals surface area (Å²) in [5.74, 6) is 0. The summed E-state index contributed by atoms with van der Waals surface area (Å²) < 4.78 is 9.38. The minimum absolute atomic E-state index is 0.374. The lowest BCUT2D eigenvalue weighted by Crippen LogP contribution is -2.57. The third kappa shape index (κ3) is 6.30. The number of para-hydroxylation sites is 1. The van der Waals surface area contributed by atoms with Crippen molar-refractivity contribution >= 4 is 17.6 Å². The zero-order chi connectivity index (χ0) is 33.0. The van der Waals surface area contributed by atoms with Gasteiger partial charge in [0.05, 0.1) is 24.2 Å². The van der Waals surface area contributed by atoms with Crippen LogP contribution in [0.1, 0.15) is 11.8 Å². The number of benzene rings is 4. The van der Waals surface area contributed by atoms with Crippen molar-refractivity contribution in [3.05, 3.63) is 137 Å². The fraction of sp³-hybridized carbons (Fsp3) is 0.162. The summed E-state index contributed by atoms with van der Waals surface area (Å²) in [6.07, 6.45) is -3.25. The van der Waals surface area contributed by atoms with Crippen LogP contribution in [0, 0.1) is 0 Å². The molecular weight excluding hydrogens is 627 g/mol. The Morgan fingerprint density at radius 2 is 1.33 bits per heavy atom. The van der Waals surface area contributed by atoms with E-state index in [-0.39, 0.29) is 0 Å². The molecule has 4 aromatic carbocycles. The van der Waals surface area contributed by atoms with Gasteiger partial charge in [-0.2, -0.15) is 10.2 Å². The van der Waals surface area contributed by atoms with Crippen LogP contribution in [-0.4, -0.2) is 72.0 Å². The van der Waals surface area contributed by atoms with Gasteiger partial charge in [-0.1, -0.05) is 103 Å². The molecule has 0 aliphatic carbocycles. The molecule has 0 unspecified atom stereocenters. The molecule has 0 spiro atoms. The molecule has 1 aliphatic heterocycles. The topological polar surface area (TPSA) is 138 Å². The standard InChI is InChI=1S/C37H33N5O5S/c43-22-31-33(44)34(45)35(46)36(47-31)42-30(26-12-6-2-7-13-26)23-48-37(42)39-38-20-28-21-41(29-14-8-3-9-15-29)40-32(28)27-18-16-25(17-19-27)24-10-4-1-5-11-24/h1-21,23,31,33-36,43-46H,22H2/b38-20+,39-37+/t31-,33-,34+,35-,36-/m1/s1. The number of aliphatic hydroxyl groups excluding tert-OH is 4. The Balaban J connectivity index is 1.29. The van der Waals surface area contributed by atoms with Crippen LogP contribution in [0.5, 0.6) is 0 Å². The molecule has 48 heavy (non-hydrogen) atoms. The van der Waals surface area contributed by atoms with Gasteiger partial charge in [-0.25, -0.2) is 4.68 Å². The normalized spacial score (nSPS) is 21.6. The van der Waals surface area contributed by atoms with Crippen molar-refractivity contribution in [2.75, 3.05) is 6.61 Å². The van der Waals surface area contributed by atoms with Gasteiger partial charge in [0.1, 0.15) is 30.1 Å². The maximum Gasteiger partial charge on any atom is 0.213 e. The molecule has 10 nitrogen and oxygen atoms in total. The average molecular weight is 660 g/mol. The highest BCUT2D eigenvalue weighted by atomic mass is 32.1. The molecular formula is C37H33N5O5S. The molecule has 1 aliphatic rings. The number of aromatic nitrogens is 3. The lowest BCUT2D eigenvalue weighted by molar-refractivity contribution is -0.251. The van der Waals surface area contributed by atoms with Crippen LogP contribution in [-0.2, 0) is 4.74 Å². The summed E-state index contributed by atoms with van der Waals surface area (Å²) in [6, 6.07) is 37.7. The number of nitrogens with zero attached hydrogens (tertiary/aromatic N) is 5. The van der Waals surface area contributed by atoms with E-state index in [9.17, 15) is 20.4 Å². The summed E-state index contributed by atoms with van der Waals surface area (Å²) in [7, 11) is 0. The van der Waals surface area contributed by atoms with Crippen molar-refractivity contribution in [2.45, 2.75) is 30.6 Å². The minimum Gasteiger partial charge on any atom is -0.394 e. The molecule has 1 saturated heterocycles. The predicted octanol–water partition coefficient (Wildman–Crippen LogP) is 4.64. The molecule has 3 heterocycles. The van der Waals surface area contributed by atoms with Gasteiger partial charge < -0.3 is 25.2 Å². The Kier molecular flexibility index (Phi) is 9.21. The van der Waals surface area contributed by atoms with Crippen molar-refractivity contribution in [2.24, 2.45) is 10.2 Å². The summed E-state index contributed by atoms with van der Waals surface area (Å²) in [4.78, 5) is 0.374. The van der Waals surface area contributed by atoms with Crippen molar-refractivity contribution < 1.29 is 25.2 Å². The lowest BCUT2D eigenvalue weighted by atomic mass is 9.98. The zero-order valence-corrected chi connectivity index (χ0v) is 26.5. The van der Waals surface area contributed by atoms with Gasteiger partial charge in [0.25, 0.3) is 0 Å². The second-order valence-corrected chi connectivity index (χ2v) is 12.2. The molecule has 7 rings (SSSR count). The summed E-state index contributed by atoms with van der Waals surface area (Å²) in [6.45, 7) is -0.544. The van der Waals surface area contributed by atoms with Gasteiger partial charge in [0, 0.05) is 22.7 Å². The second-order valence-electron chi connectivity index (χ2n) is 11.4. The van der Waals surface area contributed by atoms with Gasteiger partial charge in [0.15, 0.2) is 6.23 Å². The van der Waals surface area contributed by atoms with E-state index in [4.69, 9.17) is 9.84 Å². The maximum absolute atomic E-state index is 11.0. The van der Waals surface area contributed by atoms with Crippen molar-refractivity contribution in [3.8, 4) is 39.3 Å². The molecule has 5 atom stereocenters. The smallest absolute Gasteiger partial charge is 0.213 e. The molecule has 1 fully saturated rings. The highest BCUT2D eigenvalue weighted by Crippen LogP contribution is 2.32. The van der Waals surface area contributed by atoms with Gasteiger partial charge in [-0.3, -0.25) is 4.57 Å². The Morgan fingerprint density at radius 1 is 0.729 bits per heavy atom. The number of hydrogen-bond donors (Lipinski definition) is 4. The lowest BCUT2D eigenvalue weighted by Gasteiger charge is -2.40. The number of hydrogen-bond acceptors (Lipinski definition) is 9. The second kappa shape index (κ2) is 14.0. The number of ether oxygens (including phenoxy) is 1. The third-order valence-corrected chi connectivity index (χ3v) is 9.13. The van der Waals surface area contributed by atoms with Crippen LogP contribution in [0.15, 0.2) is 137 Å². The van der Waals surface area contributed by atoms with E-state index < -0.39 is 37.3 Å². The fourth-order valence-corrected chi connectivity index (χ4v) is 6.64. The fourth-order valence-electron chi connectivity index (χ4n) is 5.76. The van der Waals surface area contributed by atoms with Gasteiger partial charge in [0.2, 0.25) is 4.80 Å². The monoisotopic (exact) mass is 659 g/mol. The molecule has 4 N–H and O–H groups in total. The van der Waals surface area contributed by atoms with Crippen LogP contribution >= 0.6 is 11.3 Å². The Bertz CT molecular complexity index is 2060. The van der Waals surface area contributed by atoms with Crippen molar-refractivity contribution in [3.63, 3.8) is 0 Å². The molecule has 0 saturated carbocycles. The van der Waals surface area contributed by atoms with Gasteiger partial charge in [-0.05, 0) is 28.8 Å². The first-order valence-electron chi connectivity index (χ1n) is 15.5. The first kappa shape index (κ1) is 31.6. The molecule has 2 aromatic heterocycles. The highest BCUT2D eigenvalue weighted by molar-refractivity contribution is 7.07. The third-order valence-electron chi connectivity index (χ3n) is 8.30. The van der Waals surface area contributed by atoms with Crippen LogP contribution in [0.3, 0.4) is 0 Å². The molecule has 0 radical (unpaired) electrons. The first-order chi connectivity index (χ1) is 23.5. The van der Waals surface area contributed by atoms with E-state index in [1.807, 2.05) is 103 Å². The zero-order valence-electron chi connectivity index (χ0n) is 25.6. The summed E-state index contributed by atoms with van der Waals surface area (Å²) >= 11 is 1.28. The maximum atomic E-state index is 11.0. The van der Waals surface area contributed by atoms with E-state index in [1.165, 1.54) is 11.3 Å². The number of aliphatic hydroxyl groups is 4. The van der Waals surface area contributed by atoms with Crippen LogP contribution in [0.2, 0.25) is 0 Å².